The standard InChI is InChI=1S/C8H17NO2/c1-2-3-4-5-6-7-8-9(10)11/h2-8H2,1H3/i9+1. The predicted octanol–water partition coefficient (Wildman–Crippen LogP) is 2.62. The van der Waals surface area contributed by atoms with Crippen molar-refractivity contribution in [3.05, 3.63) is 10.1 Å². The molecular weight excluding hydrogens is 143 g/mol. The second kappa shape index (κ2) is 7.51. The van der Waals surface area contributed by atoms with E-state index in [2.05, 4.69) is 6.92 Å². The Balaban J connectivity index is 2.85. The van der Waals surface area contributed by atoms with E-state index in [1.807, 2.05) is 0 Å². The van der Waals surface area contributed by atoms with E-state index in [4.69, 9.17) is 0 Å². The molecule has 0 aliphatic heterocycles. The van der Waals surface area contributed by atoms with Gasteiger partial charge in [-0.1, -0.05) is 32.6 Å². The number of rotatable bonds is 7. The summed E-state index contributed by atoms with van der Waals surface area (Å²) in [6, 6.07) is 0. The van der Waals surface area contributed by atoms with Crippen molar-refractivity contribution in [3.63, 3.8) is 0 Å². The maximum Gasteiger partial charge on any atom is 0.203 e. The minimum atomic E-state index is -0.236. The third kappa shape index (κ3) is 9.40. The molecule has 11 heavy (non-hydrogen) atoms. The van der Waals surface area contributed by atoms with Crippen LogP contribution in [0.4, 0.5) is 0 Å². The Morgan fingerprint density at radius 2 is 1.64 bits per heavy atom. The van der Waals surface area contributed by atoms with Crippen molar-refractivity contribution >= 4 is 0 Å². The van der Waals surface area contributed by atoms with Crippen LogP contribution in [0.15, 0.2) is 0 Å². The molecule has 66 valence electrons. The van der Waals surface area contributed by atoms with Gasteiger partial charge in [0.25, 0.3) is 0 Å². The van der Waals surface area contributed by atoms with E-state index in [1.165, 1.54) is 19.3 Å². The lowest BCUT2D eigenvalue weighted by Crippen LogP contribution is -1.99. The first-order chi connectivity index (χ1) is 5.27. The highest BCUT2D eigenvalue weighted by atomic mass is 16.9. The molecule has 0 atom stereocenters. The maximum atomic E-state index is 9.89. The molecule has 0 N–H and O–H groups in total. The van der Waals surface area contributed by atoms with Crippen LogP contribution in [0.5, 0.6) is 0 Å². The van der Waals surface area contributed by atoms with Crippen LogP contribution >= 0.6 is 0 Å². The molecule has 0 unspecified atom stereocenters. The molecule has 0 saturated heterocycles. The first-order valence-corrected chi connectivity index (χ1v) is 4.39. The highest BCUT2D eigenvalue weighted by Crippen LogP contribution is 2.04. The zero-order valence-corrected chi connectivity index (χ0v) is 7.21. The number of nitro groups is 1. The van der Waals surface area contributed by atoms with Crippen molar-refractivity contribution in [2.24, 2.45) is 0 Å². The maximum absolute atomic E-state index is 9.89. The van der Waals surface area contributed by atoms with E-state index in [0.29, 0.717) is 0 Å². The molecule has 0 heterocycles. The SMILES string of the molecule is CCCCCCCC[15N+](=O)[O-]. The molecule has 0 aliphatic carbocycles. The fourth-order valence-corrected chi connectivity index (χ4v) is 1.02. The third-order valence-corrected chi connectivity index (χ3v) is 1.69. The first kappa shape index (κ1) is 10.4. The van der Waals surface area contributed by atoms with E-state index in [9.17, 15) is 10.1 Å². The Labute approximate surface area is 67.9 Å². The lowest BCUT2D eigenvalue weighted by Gasteiger charge is -1.96. The summed E-state index contributed by atoms with van der Waals surface area (Å²) in [4.78, 5) is 9.66. The van der Waals surface area contributed by atoms with Crippen molar-refractivity contribution in [1.29, 1.82) is 0 Å². The summed E-state index contributed by atoms with van der Waals surface area (Å²) in [7, 11) is 0. The molecular formula is C8H17NO2. The van der Waals surface area contributed by atoms with Crippen LogP contribution in [0.2, 0.25) is 0 Å². The van der Waals surface area contributed by atoms with Crippen molar-refractivity contribution in [3.8, 4) is 0 Å². The molecule has 0 aliphatic rings. The van der Waals surface area contributed by atoms with Crippen molar-refractivity contribution in [1.82, 2.24) is 0 Å². The monoisotopic (exact) mass is 160 g/mol. The first-order valence-electron chi connectivity index (χ1n) is 4.39. The quantitative estimate of drug-likeness (QED) is 0.248. The fourth-order valence-electron chi connectivity index (χ4n) is 1.02. The van der Waals surface area contributed by atoms with Gasteiger partial charge in [0, 0.05) is 11.3 Å². The molecule has 3 heteroatoms. The van der Waals surface area contributed by atoms with Crippen molar-refractivity contribution in [2.45, 2.75) is 45.4 Å². The van der Waals surface area contributed by atoms with Gasteiger partial charge in [0.15, 0.2) is 0 Å². The number of hydrogen-bond donors (Lipinski definition) is 0. The smallest absolute Gasteiger partial charge is 0.203 e. The summed E-state index contributed by atoms with van der Waals surface area (Å²) in [5.74, 6) is 0. The van der Waals surface area contributed by atoms with Crippen LogP contribution in [-0.2, 0) is 0 Å². The molecule has 0 bridgehead atoms. The highest BCUT2D eigenvalue weighted by Gasteiger charge is 1.95. The van der Waals surface area contributed by atoms with Gasteiger partial charge < -0.3 is 0 Å². The van der Waals surface area contributed by atoms with Crippen LogP contribution in [-0.4, -0.2) is 11.5 Å². The Kier molecular flexibility index (Phi) is 7.10. The lowest BCUT2D eigenvalue weighted by atomic mass is 10.1. The number of nitrogens with zero attached hydrogens (tertiary/aromatic N) is 1. The Morgan fingerprint density at radius 3 is 2.18 bits per heavy atom. The summed E-state index contributed by atoms with van der Waals surface area (Å²) in [5, 5.41) is 9.89. The van der Waals surface area contributed by atoms with Gasteiger partial charge in [0.05, 0.1) is 0 Å². The number of unbranched alkanes of at least 4 members (excludes halogenated alkanes) is 5. The number of hydrogen-bond acceptors (Lipinski definition) is 2. The summed E-state index contributed by atoms with van der Waals surface area (Å²) in [6.45, 7) is 2.31. The average Bonchev–Trinajstić information content (AvgIpc) is 1.96. The van der Waals surface area contributed by atoms with Crippen molar-refractivity contribution in [2.75, 3.05) is 6.54 Å². The van der Waals surface area contributed by atoms with E-state index in [-0.39, 0.29) is 11.5 Å². The Hall–Kier alpha value is -0.600. The van der Waals surface area contributed by atoms with Crippen LogP contribution < -0.4 is 0 Å². The molecule has 0 rings (SSSR count). The third-order valence-electron chi connectivity index (χ3n) is 1.69. The van der Waals surface area contributed by atoms with Crippen LogP contribution in [0.25, 0.3) is 0 Å². The fraction of sp³-hybridized carbons (Fsp3) is 1.00. The van der Waals surface area contributed by atoms with Gasteiger partial charge >= 0.3 is 0 Å². The molecule has 0 aromatic rings. The summed E-state index contributed by atoms with van der Waals surface area (Å²) in [6.07, 6.45) is 6.64. The summed E-state index contributed by atoms with van der Waals surface area (Å²) < 4.78 is 0. The van der Waals surface area contributed by atoms with Gasteiger partial charge in [0.1, 0.15) is 0 Å². The Morgan fingerprint density at radius 1 is 1.09 bits per heavy atom. The summed E-state index contributed by atoms with van der Waals surface area (Å²) >= 11 is 0. The highest BCUT2D eigenvalue weighted by molar-refractivity contribution is 4.42. The minimum Gasteiger partial charge on any atom is -0.265 e. The van der Waals surface area contributed by atoms with E-state index < -0.39 is 0 Å². The molecule has 0 spiro atoms. The van der Waals surface area contributed by atoms with E-state index in [1.54, 1.807) is 0 Å². The van der Waals surface area contributed by atoms with Crippen LogP contribution in [0, 0.1) is 10.1 Å². The largest absolute Gasteiger partial charge is 0.265 e. The van der Waals surface area contributed by atoms with Gasteiger partial charge in [-0.2, -0.15) is 0 Å². The van der Waals surface area contributed by atoms with Gasteiger partial charge in [0.2, 0.25) is 6.54 Å². The van der Waals surface area contributed by atoms with Gasteiger partial charge in [-0.25, -0.2) is 0 Å². The molecule has 0 radical (unpaired) electrons. The topological polar surface area (TPSA) is 43.1 Å². The second-order valence-electron chi connectivity index (χ2n) is 2.82. The molecule has 0 aromatic carbocycles. The van der Waals surface area contributed by atoms with Gasteiger partial charge in [-0.15, -0.1) is 0 Å². The zero-order chi connectivity index (χ0) is 8.53. The normalized spacial score (nSPS) is 9.91. The summed E-state index contributed by atoms with van der Waals surface area (Å²) in [5.41, 5.74) is 0. The molecule has 0 amide bonds. The zero-order valence-electron chi connectivity index (χ0n) is 7.21. The van der Waals surface area contributed by atoms with Crippen molar-refractivity contribution < 1.29 is 4.92 Å². The lowest BCUT2D eigenvalue weighted by molar-refractivity contribution is -0.480. The van der Waals surface area contributed by atoms with Crippen LogP contribution in [0.1, 0.15) is 45.4 Å². The van der Waals surface area contributed by atoms with Gasteiger partial charge in [-0.3, -0.25) is 10.1 Å². The molecule has 0 fully saturated rings. The predicted molar refractivity (Wildman–Crippen MR) is 45.2 cm³/mol. The minimum absolute atomic E-state index is 0.145. The van der Waals surface area contributed by atoms with E-state index >= 15 is 0 Å². The van der Waals surface area contributed by atoms with E-state index in [0.717, 1.165) is 19.3 Å². The second-order valence-corrected chi connectivity index (χ2v) is 2.82. The average molecular weight is 160 g/mol. The van der Waals surface area contributed by atoms with Crippen LogP contribution in [0.3, 0.4) is 0 Å². The Bertz CT molecular complexity index is 104. The van der Waals surface area contributed by atoms with Gasteiger partial charge in [-0.05, 0) is 6.42 Å². The molecule has 3 nitrogen and oxygen atoms in total. The molecule has 0 aromatic heterocycles. The molecule has 0 saturated carbocycles.